The topological polar surface area (TPSA) is 49.4 Å². The summed E-state index contributed by atoms with van der Waals surface area (Å²) in [6.07, 6.45) is 5.55. The first kappa shape index (κ1) is 22.9. The van der Waals surface area contributed by atoms with Crippen LogP contribution in [0.2, 0.25) is 0 Å². The molecule has 2 amide bonds. The zero-order valence-electron chi connectivity index (χ0n) is 17.9. The normalized spacial score (nSPS) is 15.3. The minimum atomic E-state index is -0.675. The number of halogens is 2. The third-order valence-electron chi connectivity index (χ3n) is 5.90. The van der Waals surface area contributed by atoms with Crippen LogP contribution in [0.5, 0.6) is 0 Å². The van der Waals surface area contributed by atoms with E-state index in [4.69, 9.17) is 0 Å². The fourth-order valence-electron chi connectivity index (χ4n) is 4.16. The second-order valence-corrected chi connectivity index (χ2v) is 8.18. The van der Waals surface area contributed by atoms with Crippen LogP contribution in [0.3, 0.4) is 0 Å². The zero-order chi connectivity index (χ0) is 22.2. The van der Waals surface area contributed by atoms with Crippen molar-refractivity contribution in [3.8, 4) is 0 Å². The lowest BCUT2D eigenvalue weighted by Crippen LogP contribution is -2.52. The molecule has 0 heterocycles. The quantitative estimate of drug-likeness (QED) is 0.659. The van der Waals surface area contributed by atoms with E-state index >= 15 is 0 Å². The van der Waals surface area contributed by atoms with Gasteiger partial charge in [-0.3, -0.25) is 9.59 Å². The highest BCUT2D eigenvalue weighted by Gasteiger charge is 2.30. The van der Waals surface area contributed by atoms with Gasteiger partial charge in [0.2, 0.25) is 11.8 Å². The first-order valence-electron chi connectivity index (χ1n) is 11.1. The Kier molecular flexibility index (Phi) is 8.15. The molecule has 1 saturated carbocycles. The number of nitrogens with zero attached hydrogens (tertiary/aromatic N) is 1. The average molecular weight is 429 g/mol. The lowest BCUT2D eigenvalue weighted by molar-refractivity contribution is -0.141. The molecule has 0 radical (unpaired) electrons. The number of benzene rings is 2. The van der Waals surface area contributed by atoms with Crippen molar-refractivity contribution in [3.05, 3.63) is 71.3 Å². The Morgan fingerprint density at radius 1 is 1.03 bits per heavy atom. The number of hydrogen-bond acceptors (Lipinski definition) is 2. The van der Waals surface area contributed by atoms with Gasteiger partial charge in [0, 0.05) is 12.6 Å². The van der Waals surface area contributed by atoms with E-state index < -0.39 is 11.9 Å². The number of carbonyl (C=O) groups excluding carboxylic acids is 2. The van der Waals surface area contributed by atoms with E-state index in [0.717, 1.165) is 25.7 Å². The number of hydrogen-bond donors (Lipinski definition) is 1. The summed E-state index contributed by atoms with van der Waals surface area (Å²) >= 11 is 0. The highest BCUT2D eigenvalue weighted by molar-refractivity contribution is 5.88. The van der Waals surface area contributed by atoms with Crippen molar-refractivity contribution in [1.29, 1.82) is 0 Å². The number of amides is 2. The van der Waals surface area contributed by atoms with Gasteiger partial charge in [0.25, 0.3) is 0 Å². The number of nitrogens with one attached hydrogen (secondary N) is 1. The van der Waals surface area contributed by atoms with Crippen molar-refractivity contribution >= 4 is 11.8 Å². The molecule has 4 nitrogen and oxygen atoms in total. The maximum Gasteiger partial charge on any atom is 0.243 e. The predicted octanol–water partition coefficient (Wildman–Crippen LogP) is 4.76. The summed E-state index contributed by atoms with van der Waals surface area (Å²) in [4.78, 5) is 27.8. The molecule has 0 bridgehead atoms. The minimum Gasteiger partial charge on any atom is -0.352 e. The van der Waals surface area contributed by atoms with E-state index in [1.807, 2.05) is 6.92 Å². The first-order chi connectivity index (χ1) is 15.0. The zero-order valence-corrected chi connectivity index (χ0v) is 17.9. The molecule has 1 fully saturated rings. The molecule has 0 unspecified atom stereocenters. The Hall–Kier alpha value is -2.76. The maximum absolute atomic E-state index is 14.1. The second kappa shape index (κ2) is 11.0. The van der Waals surface area contributed by atoms with Crippen LogP contribution in [0.1, 0.15) is 56.6 Å². The molecule has 2 aromatic carbocycles. The van der Waals surface area contributed by atoms with Crippen LogP contribution in [0, 0.1) is 11.6 Å². The molecule has 1 atom stereocenters. The van der Waals surface area contributed by atoms with Crippen molar-refractivity contribution in [2.45, 2.75) is 70.5 Å². The highest BCUT2D eigenvalue weighted by atomic mass is 19.1. The van der Waals surface area contributed by atoms with Crippen LogP contribution in [-0.2, 0) is 22.6 Å². The summed E-state index contributed by atoms with van der Waals surface area (Å²) in [5.74, 6) is -1.33. The molecule has 0 aromatic heterocycles. The molecular weight excluding hydrogens is 398 g/mol. The monoisotopic (exact) mass is 428 g/mol. The Morgan fingerprint density at radius 2 is 1.71 bits per heavy atom. The smallest absolute Gasteiger partial charge is 0.243 e. The van der Waals surface area contributed by atoms with Gasteiger partial charge in [-0.15, -0.1) is 0 Å². The fourth-order valence-corrected chi connectivity index (χ4v) is 4.16. The van der Waals surface area contributed by atoms with E-state index in [0.29, 0.717) is 17.5 Å². The van der Waals surface area contributed by atoms with Crippen molar-refractivity contribution in [1.82, 2.24) is 10.2 Å². The lowest BCUT2D eigenvalue weighted by Gasteiger charge is -2.33. The van der Waals surface area contributed by atoms with Gasteiger partial charge in [0.05, 0.1) is 6.42 Å². The van der Waals surface area contributed by atoms with Crippen molar-refractivity contribution in [2.24, 2.45) is 0 Å². The van der Waals surface area contributed by atoms with E-state index in [1.165, 1.54) is 29.5 Å². The summed E-state index contributed by atoms with van der Waals surface area (Å²) in [6, 6.07) is 11.5. The molecular formula is C25H30F2N2O2. The summed E-state index contributed by atoms with van der Waals surface area (Å²) < 4.78 is 27.5. The fraction of sp³-hybridized carbons (Fsp3) is 0.440. The largest absolute Gasteiger partial charge is 0.352 e. The molecule has 166 valence electrons. The van der Waals surface area contributed by atoms with Gasteiger partial charge in [-0.1, -0.05) is 56.5 Å². The predicted molar refractivity (Wildman–Crippen MR) is 116 cm³/mol. The van der Waals surface area contributed by atoms with Crippen LogP contribution in [0.25, 0.3) is 0 Å². The van der Waals surface area contributed by atoms with Crippen molar-refractivity contribution in [2.75, 3.05) is 0 Å². The summed E-state index contributed by atoms with van der Waals surface area (Å²) in [6.45, 7) is 2.02. The van der Waals surface area contributed by atoms with Crippen LogP contribution < -0.4 is 5.32 Å². The highest BCUT2D eigenvalue weighted by Crippen LogP contribution is 2.20. The maximum atomic E-state index is 14.1. The van der Waals surface area contributed by atoms with E-state index in [2.05, 4.69) is 5.32 Å². The Bertz CT molecular complexity index is 879. The standard InChI is InChI=1S/C25H30F2N2O2/c1-2-23(25(31)28-21-9-4-3-5-10-21)29(17-18-12-14-20(26)15-13-18)24(30)16-19-8-6-7-11-22(19)27/h6-8,11-15,21,23H,2-5,9-10,16-17H2,1H3,(H,28,31)/t23-/m1/s1. The lowest BCUT2D eigenvalue weighted by atomic mass is 9.95. The molecule has 31 heavy (non-hydrogen) atoms. The molecule has 3 rings (SSSR count). The van der Waals surface area contributed by atoms with E-state index in [-0.39, 0.29) is 36.6 Å². The third-order valence-corrected chi connectivity index (χ3v) is 5.90. The Labute approximate surface area is 182 Å². The molecule has 0 saturated heterocycles. The SMILES string of the molecule is CC[C@H](C(=O)NC1CCCCC1)N(Cc1ccc(F)cc1)C(=O)Cc1ccccc1F. The van der Waals surface area contributed by atoms with E-state index in [1.54, 1.807) is 30.3 Å². The van der Waals surface area contributed by atoms with Gasteiger partial charge < -0.3 is 10.2 Å². The molecule has 6 heteroatoms. The van der Waals surface area contributed by atoms with Gasteiger partial charge in [-0.05, 0) is 48.6 Å². The summed E-state index contributed by atoms with van der Waals surface area (Å²) in [5.41, 5.74) is 1.01. The summed E-state index contributed by atoms with van der Waals surface area (Å²) in [7, 11) is 0. The third kappa shape index (κ3) is 6.36. The Balaban J connectivity index is 1.81. The summed E-state index contributed by atoms with van der Waals surface area (Å²) in [5, 5.41) is 3.11. The van der Waals surface area contributed by atoms with Crippen molar-refractivity contribution in [3.63, 3.8) is 0 Å². The van der Waals surface area contributed by atoms with Gasteiger partial charge in [-0.2, -0.15) is 0 Å². The average Bonchev–Trinajstić information content (AvgIpc) is 2.77. The molecule has 1 aliphatic carbocycles. The van der Waals surface area contributed by atoms with Crippen molar-refractivity contribution < 1.29 is 18.4 Å². The molecule has 0 spiro atoms. The van der Waals surface area contributed by atoms with Gasteiger partial charge >= 0.3 is 0 Å². The molecule has 2 aromatic rings. The van der Waals surface area contributed by atoms with Crippen LogP contribution >= 0.6 is 0 Å². The number of carbonyl (C=O) groups is 2. The van der Waals surface area contributed by atoms with E-state index in [9.17, 15) is 18.4 Å². The molecule has 1 N–H and O–H groups in total. The van der Waals surface area contributed by atoms with Gasteiger partial charge in [-0.25, -0.2) is 8.78 Å². The van der Waals surface area contributed by atoms with Crippen LogP contribution in [0.15, 0.2) is 48.5 Å². The number of rotatable bonds is 8. The van der Waals surface area contributed by atoms with Gasteiger partial charge in [0.1, 0.15) is 17.7 Å². The molecule has 1 aliphatic rings. The molecule has 0 aliphatic heterocycles. The van der Waals surface area contributed by atoms with Crippen LogP contribution in [-0.4, -0.2) is 28.8 Å². The minimum absolute atomic E-state index is 0.129. The first-order valence-corrected chi connectivity index (χ1v) is 11.1. The Morgan fingerprint density at radius 3 is 2.35 bits per heavy atom. The second-order valence-electron chi connectivity index (χ2n) is 8.18. The van der Waals surface area contributed by atoms with Crippen LogP contribution in [0.4, 0.5) is 8.78 Å². The van der Waals surface area contributed by atoms with Gasteiger partial charge in [0.15, 0.2) is 0 Å².